The second-order valence-electron chi connectivity index (χ2n) is 9.60. The number of amides is 1. The molecule has 7 nitrogen and oxygen atoms in total. The molecule has 2 aromatic heterocycles. The predicted molar refractivity (Wildman–Crippen MR) is 121 cm³/mol. The summed E-state index contributed by atoms with van der Waals surface area (Å²) < 4.78 is 62.9. The standard InChI is InChI=1S/C24H25F4N5O2/c1-13-10-32(23(34)35-24(3)4-5-24)14(2)9-31(13)21-19-18(20(27)28)11-33(22(19)30-12-29-21)17-7-15(25)6-16(26)8-17/h6-8,11-14,20H,4-5,9-10H2,1-3H3/t13-,14+/m0/s1. The Labute approximate surface area is 199 Å². The van der Waals surface area contributed by atoms with Crippen LogP contribution in [0.25, 0.3) is 16.7 Å². The molecule has 2 atom stereocenters. The molecule has 35 heavy (non-hydrogen) atoms. The molecular formula is C24H25F4N5O2. The highest BCUT2D eigenvalue weighted by Gasteiger charge is 2.44. The molecule has 0 bridgehead atoms. The maximum absolute atomic E-state index is 14.1. The van der Waals surface area contributed by atoms with E-state index in [-0.39, 0.29) is 46.3 Å². The molecule has 2 aliphatic rings. The lowest BCUT2D eigenvalue weighted by Gasteiger charge is -2.44. The van der Waals surface area contributed by atoms with Crippen molar-refractivity contribution in [2.45, 2.75) is 57.7 Å². The molecule has 1 aliphatic heterocycles. The summed E-state index contributed by atoms with van der Waals surface area (Å²) in [7, 11) is 0. The van der Waals surface area contributed by atoms with Gasteiger partial charge in [0.25, 0.3) is 6.43 Å². The topological polar surface area (TPSA) is 63.5 Å². The van der Waals surface area contributed by atoms with Crippen LogP contribution in [0.4, 0.5) is 28.2 Å². The Bertz CT molecular complexity index is 1270. The second-order valence-corrected chi connectivity index (χ2v) is 9.60. The van der Waals surface area contributed by atoms with Crippen molar-refractivity contribution in [3.8, 4) is 5.69 Å². The molecule has 3 aromatic rings. The van der Waals surface area contributed by atoms with Gasteiger partial charge in [0.2, 0.25) is 0 Å². The lowest BCUT2D eigenvalue weighted by molar-refractivity contribution is 0.0421. The molecule has 0 radical (unpaired) electrons. The van der Waals surface area contributed by atoms with Crippen LogP contribution in [0.15, 0.2) is 30.7 Å². The first-order valence-electron chi connectivity index (χ1n) is 11.4. The van der Waals surface area contributed by atoms with Crippen molar-refractivity contribution < 1.29 is 27.1 Å². The average molecular weight is 491 g/mol. The molecule has 1 saturated heterocycles. The molecule has 1 aromatic carbocycles. The van der Waals surface area contributed by atoms with Crippen molar-refractivity contribution in [3.63, 3.8) is 0 Å². The van der Waals surface area contributed by atoms with Crippen molar-refractivity contribution in [1.29, 1.82) is 0 Å². The molecule has 186 valence electrons. The Hall–Kier alpha value is -3.37. The lowest BCUT2D eigenvalue weighted by atomic mass is 10.1. The zero-order chi connectivity index (χ0) is 25.1. The molecular weight excluding hydrogens is 466 g/mol. The third kappa shape index (κ3) is 4.28. The highest BCUT2D eigenvalue weighted by molar-refractivity contribution is 5.93. The van der Waals surface area contributed by atoms with Crippen molar-refractivity contribution in [2.24, 2.45) is 0 Å². The summed E-state index contributed by atoms with van der Waals surface area (Å²) in [5.74, 6) is -1.39. The first kappa shape index (κ1) is 23.4. The smallest absolute Gasteiger partial charge is 0.410 e. The van der Waals surface area contributed by atoms with E-state index in [1.54, 1.807) is 4.90 Å². The zero-order valence-electron chi connectivity index (χ0n) is 19.5. The van der Waals surface area contributed by atoms with E-state index < -0.39 is 23.7 Å². The van der Waals surface area contributed by atoms with E-state index in [1.807, 2.05) is 25.7 Å². The van der Waals surface area contributed by atoms with Gasteiger partial charge in [-0.05, 0) is 45.7 Å². The number of hydrogen-bond donors (Lipinski definition) is 0. The fourth-order valence-electron chi connectivity index (χ4n) is 4.55. The van der Waals surface area contributed by atoms with Crippen LogP contribution < -0.4 is 4.90 Å². The van der Waals surface area contributed by atoms with Gasteiger partial charge in [-0.2, -0.15) is 0 Å². The summed E-state index contributed by atoms with van der Waals surface area (Å²) in [6, 6.07) is 2.29. The molecule has 3 heterocycles. The van der Waals surface area contributed by atoms with Gasteiger partial charge < -0.3 is 19.1 Å². The van der Waals surface area contributed by atoms with Gasteiger partial charge >= 0.3 is 6.09 Å². The number of anilines is 1. The van der Waals surface area contributed by atoms with Gasteiger partial charge in [0.1, 0.15) is 29.4 Å². The maximum Gasteiger partial charge on any atom is 0.410 e. The van der Waals surface area contributed by atoms with Crippen LogP contribution in [0.3, 0.4) is 0 Å². The highest BCUT2D eigenvalue weighted by Crippen LogP contribution is 2.40. The number of carbonyl (C=O) groups is 1. The number of aromatic nitrogens is 3. The van der Waals surface area contributed by atoms with Crippen LogP contribution in [0.1, 0.15) is 45.6 Å². The monoisotopic (exact) mass is 491 g/mol. The third-order valence-corrected chi connectivity index (χ3v) is 6.73. The Morgan fingerprint density at radius 3 is 2.40 bits per heavy atom. The highest BCUT2D eigenvalue weighted by atomic mass is 19.3. The maximum atomic E-state index is 14.1. The van der Waals surface area contributed by atoms with Gasteiger partial charge in [0.05, 0.1) is 11.1 Å². The summed E-state index contributed by atoms with van der Waals surface area (Å²) in [6.07, 6.45) is 0.800. The van der Waals surface area contributed by atoms with E-state index in [0.717, 1.165) is 31.2 Å². The first-order valence-corrected chi connectivity index (χ1v) is 11.4. The lowest BCUT2D eigenvalue weighted by Crippen LogP contribution is -2.59. The average Bonchev–Trinajstić information content (AvgIpc) is 3.37. The number of nitrogens with zero attached hydrogens (tertiary/aromatic N) is 5. The van der Waals surface area contributed by atoms with Gasteiger partial charge in [-0.15, -0.1) is 0 Å². The molecule has 2 fully saturated rings. The van der Waals surface area contributed by atoms with Crippen LogP contribution in [-0.4, -0.2) is 56.3 Å². The summed E-state index contributed by atoms with van der Waals surface area (Å²) in [5.41, 5.74) is -0.601. The van der Waals surface area contributed by atoms with Crippen LogP contribution in [0.2, 0.25) is 0 Å². The summed E-state index contributed by atoms with van der Waals surface area (Å²) in [4.78, 5) is 24.7. The molecule has 5 rings (SSSR count). The van der Waals surface area contributed by atoms with E-state index in [0.29, 0.717) is 19.2 Å². The number of hydrogen-bond acceptors (Lipinski definition) is 5. The molecule has 11 heteroatoms. The van der Waals surface area contributed by atoms with Gasteiger partial charge in [-0.1, -0.05) is 0 Å². The largest absolute Gasteiger partial charge is 0.443 e. The number of fused-ring (bicyclic) bond motifs is 1. The van der Waals surface area contributed by atoms with Crippen molar-refractivity contribution in [3.05, 3.63) is 47.9 Å². The third-order valence-electron chi connectivity index (χ3n) is 6.73. The minimum absolute atomic E-state index is 0.0339. The number of halogens is 4. The van der Waals surface area contributed by atoms with Crippen molar-refractivity contribution in [2.75, 3.05) is 18.0 Å². The van der Waals surface area contributed by atoms with Gasteiger partial charge in [0.15, 0.2) is 5.65 Å². The minimum Gasteiger partial charge on any atom is -0.443 e. The number of piperazine rings is 1. The summed E-state index contributed by atoms with van der Waals surface area (Å²) in [5, 5.41) is 0.104. The number of alkyl halides is 2. The fourth-order valence-corrected chi connectivity index (χ4v) is 4.55. The first-order chi connectivity index (χ1) is 16.6. The molecule has 0 unspecified atom stereocenters. The van der Waals surface area contributed by atoms with E-state index in [9.17, 15) is 22.4 Å². The quantitative estimate of drug-likeness (QED) is 0.468. The molecule has 1 amide bonds. The minimum atomic E-state index is -2.87. The van der Waals surface area contributed by atoms with Crippen molar-refractivity contribution in [1.82, 2.24) is 19.4 Å². The van der Waals surface area contributed by atoms with E-state index in [2.05, 4.69) is 9.97 Å². The van der Waals surface area contributed by atoms with Crippen LogP contribution in [0, 0.1) is 11.6 Å². The number of carbonyl (C=O) groups excluding carboxylic acids is 1. The van der Waals surface area contributed by atoms with Gasteiger partial charge in [-0.25, -0.2) is 32.3 Å². The zero-order valence-corrected chi connectivity index (χ0v) is 19.5. The number of benzene rings is 1. The second kappa shape index (κ2) is 8.39. The Balaban J connectivity index is 1.53. The van der Waals surface area contributed by atoms with E-state index in [1.165, 1.54) is 10.9 Å². The Kier molecular flexibility index (Phi) is 5.60. The van der Waals surface area contributed by atoms with Crippen LogP contribution >= 0.6 is 0 Å². The van der Waals surface area contributed by atoms with Gasteiger partial charge in [0, 0.05) is 43.0 Å². The van der Waals surface area contributed by atoms with Crippen molar-refractivity contribution >= 4 is 22.9 Å². The SMILES string of the molecule is C[C@@H]1CN(c2ncnc3c2c(C(F)F)cn3-c2cc(F)cc(F)c2)[C@@H](C)CN1C(=O)OC1(C)CC1. The van der Waals surface area contributed by atoms with E-state index in [4.69, 9.17) is 4.74 Å². The summed E-state index contributed by atoms with van der Waals surface area (Å²) >= 11 is 0. The fraction of sp³-hybridized carbons (Fsp3) is 0.458. The molecule has 1 aliphatic carbocycles. The molecule has 0 N–H and O–H groups in total. The summed E-state index contributed by atoms with van der Waals surface area (Å²) in [6.45, 7) is 6.29. The number of rotatable bonds is 4. The van der Waals surface area contributed by atoms with Crippen LogP contribution in [0.5, 0.6) is 0 Å². The van der Waals surface area contributed by atoms with E-state index >= 15 is 0 Å². The predicted octanol–water partition coefficient (Wildman–Crippen LogP) is 5.22. The molecule has 0 spiro atoms. The van der Waals surface area contributed by atoms with Crippen LogP contribution in [-0.2, 0) is 4.74 Å². The number of ether oxygens (including phenoxy) is 1. The molecule has 1 saturated carbocycles. The Morgan fingerprint density at radius 1 is 1.09 bits per heavy atom. The Morgan fingerprint density at radius 2 is 1.77 bits per heavy atom. The van der Waals surface area contributed by atoms with Gasteiger partial charge in [-0.3, -0.25) is 0 Å². The normalized spacial score (nSPS) is 21.6.